The minimum atomic E-state index is -3.09. The van der Waals surface area contributed by atoms with Crippen molar-refractivity contribution in [3.8, 4) is 17.4 Å². The summed E-state index contributed by atoms with van der Waals surface area (Å²) in [5, 5.41) is 15.2. The number of nitrogen functional groups attached to an aromatic ring is 1. The third-order valence-electron chi connectivity index (χ3n) is 5.40. The molecule has 0 spiro atoms. The fourth-order valence-corrected chi connectivity index (χ4v) is 3.79. The molecule has 1 aliphatic rings. The lowest BCUT2D eigenvalue weighted by Gasteiger charge is -2.24. The number of amidine groups is 1. The summed E-state index contributed by atoms with van der Waals surface area (Å²) >= 11 is 0. The van der Waals surface area contributed by atoms with Gasteiger partial charge in [-0.15, -0.1) is 9.78 Å². The smallest absolute Gasteiger partial charge is 0.387 e. The predicted molar refractivity (Wildman–Crippen MR) is 126 cm³/mol. The van der Waals surface area contributed by atoms with Gasteiger partial charge in [-0.25, -0.2) is 14.8 Å². The van der Waals surface area contributed by atoms with Crippen LogP contribution >= 0.6 is 0 Å². The molecule has 0 saturated carbocycles. The van der Waals surface area contributed by atoms with Gasteiger partial charge in [0.25, 0.3) is 5.95 Å². The molecule has 0 saturated heterocycles. The highest BCUT2D eigenvalue weighted by molar-refractivity contribution is 5.95. The van der Waals surface area contributed by atoms with Crippen molar-refractivity contribution in [2.45, 2.75) is 19.3 Å². The van der Waals surface area contributed by atoms with Crippen LogP contribution in [-0.4, -0.2) is 44.0 Å². The van der Waals surface area contributed by atoms with E-state index in [1.807, 2.05) is 0 Å². The van der Waals surface area contributed by atoms with Gasteiger partial charge in [-0.2, -0.15) is 8.78 Å². The number of fused-ring (bicyclic) bond motifs is 1. The number of halogens is 2. The van der Waals surface area contributed by atoms with Crippen molar-refractivity contribution in [1.82, 2.24) is 24.7 Å². The molecular formula is C23H20F2N8O4. The summed E-state index contributed by atoms with van der Waals surface area (Å²) in [5.74, 6) is 0.0639. The Morgan fingerprint density at radius 2 is 1.97 bits per heavy atom. The third kappa shape index (κ3) is 5.08. The molecule has 37 heavy (non-hydrogen) atoms. The van der Waals surface area contributed by atoms with E-state index in [1.165, 1.54) is 18.5 Å². The Balaban J connectivity index is 1.61. The quantitative estimate of drug-likeness (QED) is 0.205. The van der Waals surface area contributed by atoms with E-state index in [0.717, 1.165) is 4.68 Å². The predicted octanol–water partition coefficient (Wildman–Crippen LogP) is 2.30. The van der Waals surface area contributed by atoms with E-state index in [9.17, 15) is 13.6 Å². The van der Waals surface area contributed by atoms with Crippen LogP contribution in [0.5, 0.6) is 11.5 Å². The summed E-state index contributed by atoms with van der Waals surface area (Å²) < 4.78 is 42.9. The Bertz CT molecular complexity index is 1470. The van der Waals surface area contributed by atoms with Crippen LogP contribution in [0.4, 0.5) is 14.5 Å². The van der Waals surface area contributed by atoms with Gasteiger partial charge in [-0.1, -0.05) is 0 Å². The van der Waals surface area contributed by atoms with Gasteiger partial charge in [-0.05, 0) is 48.0 Å². The van der Waals surface area contributed by atoms with Crippen LogP contribution in [0, 0.1) is 5.41 Å². The molecular weight excluding hydrogens is 490 g/mol. The molecule has 2 aromatic carbocycles. The zero-order valence-corrected chi connectivity index (χ0v) is 19.0. The number of hydrogen-bond acceptors (Lipinski definition) is 9. The Kier molecular flexibility index (Phi) is 6.47. The maximum absolute atomic E-state index is 13.2. The van der Waals surface area contributed by atoms with Crippen LogP contribution in [0.1, 0.15) is 28.6 Å². The Morgan fingerprint density at radius 1 is 1.22 bits per heavy atom. The largest absolute Gasteiger partial charge is 0.463 e. The number of nitrogens with zero attached hydrogens (tertiary/aromatic N) is 4. The maximum atomic E-state index is 13.2. The number of H-pyrrole nitrogens is 1. The van der Waals surface area contributed by atoms with Gasteiger partial charge < -0.3 is 25.3 Å². The second-order valence-corrected chi connectivity index (χ2v) is 7.84. The molecule has 12 nitrogen and oxygen atoms in total. The first-order valence-electron chi connectivity index (χ1n) is 10.9. The molecule has 14 heteroatoms. The fraction of sp³-hybridized carbons (Fsp3) is 0.174. The van der Waals surface area contributed by atoms with Gasteiger partial charge in [0, 0.05) is 29.2 Å². The molecule has 2 aromatic heterocycles. The highest BCUT2D eigenvalue weighted by Gasteiger charge is 2.27. The van der Waals surface area contributed by atoms with E-state index in [1.54, 1.807) is 36.4 Å². The summed E-state index contributed by atoms with van der Waals surface area (Å²) in [6, 6.07) is 10.5. The first-order chi connectivity index (χ1) is 17.9. The molecule has 1 atom stereocenters. The van der Waals surface area contributed by atoms with Gasteiger partial charge in [-0.3, -0.25) is 10.4 Å². The van der Waals surface area contributed by atoms with Crippen molar-refractivity contribution in [2.24, 2.45) is 5.73 Å². The minimum Gasteiger partial charge on any atom is -0.463 e. The van der Waals surface area contributed by atoms with E-state index in [2.05, 4.69) is 25.4 Å². The summed E-state index contributed by atoms with van der Waals surface area (Å²) in [5.41, 5.74) is 6.93. The van der Waals surface area contributed by atoms with Gasteiger partial charge in [0.05, 0.1) is 6.61 Å². The number of alkyl halides is 2. The standard InChI is InChI=1S/C23H20F2N8O4/c24-21(25)37-16-9-13(8-14-10-35-11-36-18(14)16)17(30-15-4-2-12(3-5-15)19(26)27)20-31-23(34)33(32-20)22-28-6-1-7-29-22/h1-9,17,21,30H,10-11H2,(H3,26,27)(H,31,32,34). The Labute approximate surface area is 207 Å². The Hall–Kier alpha value is -4.85. The van der Waals surface area contributed by atoms with Crippen LogP contribution in [0.3, 0.4) is 0 Å². The molecule has 0 radical (unpaired) electrons. The number of anilines is 1. The molecule has 1 aliphatic heterocycles. The summed E-state index contributed by atoms with van der Waals surface area (Å²) in [6.45, 7) is -3.10. The average molecular weight is 510 g/mol. The second-order valence-electron chi connectivity index (χ2n) is 7.84. The lowest BCUT2D eigenvalue weighted by molar-refractivity contribution is -0.0590. The highest BCUT2D eigenvalue weighted by atomic mass is 19.3. The van der Waals surface area contributed by atoms with Crippen LogP contribution in [0.2, 0.25) is 0 Å². The van der Waals surface area contributed by atoms with Crippen molar-refractivity contribution in [3.05, 3.63) is 87.9 Å². The zero-order chi connectivity index (χ0) is 25.9. The lowest BCUT2D eigenvalue weighted by atomic mass is 10.0. The third-order valence-corrected chi connectivity index (χ3v) is 5.40. The van der Waals surface area contributed by atoms with E-state index in [0.29, 0.717) is 22.4 Å². The highest BCUT2D eigenvalue weighted by Crippen LogP contribution is 2.39. The van der Waals surface area contributed by atoms with E-state index < -0.39 is 18.3 Å². The van der Waals surface area contributed by atoms with Crippen LogP contribution < -0.4 is 26.2 Å². The molecule has 5 N–H and O–H groups in total. The maximum Gasteiger partial charge on any atom is 0.387 e. The number of hydrogen-bond donors (Lipinski definition) is 4. The number of nitrogens with one attached hydrogen (secondary N) is 3. The fourth-order valence-electron chi connectivity index (χ4n) is 3.79. The van der Waals surface area contributed by atoms with E-state index in [4.69, 9.17) is 25.4 Å². The average Bonchev–Trinajstić information content (AvgIpc) is 3.28. The number of rotatable bonds is 8. The number of benzene rings is 2. The molecule has 0 aliphatic carbocycles. The minimum absolute atomic E-state index is 0.0496. The van der Waals surface area contributed by atoms with Crippen LogP contribution in [0.25, 0.3) is 5.95 Å². The Morgan fingerprint density at radius 3 is 2.68 bits per heavy atom. The van der Waals surface area contributed by atoms with Crippen LogP contribution in [-0.2, 0) is 11.3 Å². The molecule has 5 rings (SSSR count). The molecule has 1 unspecified atom stereocenters. The molecule has 4 aromatic rings. The number of aromatic nitrogens is 5. The van der Waals surface area contributed by atoms with Gasteiger partial charge in [0.15, 0.2) is 24.1 Å². The monoisotopic (exact) mass is 510 g/mol. The van der Waals surface area contributed by atoms with Gasteiger partial charge in [0.1, 0.15) is 11.9 Å². The van der Waals surface area contributed by atoms with Crippen LogP contribution in [0.15, 0.2) is 59.7 Å². The number of aromatic amines is 1. The van der Waals surface area contributed by atoms with E-state index >= 15 is 0 Å². The summed E-state index contributed by atoms with van der Waals surface area (Å²) in [4.78, 5) is 23.5. The molecule has 0 fully saturated rings. The van der Waals surface area contributed by atoms with E-state index in [-0.39, 0.29) is 42.5 Å². The second kappa shape index (κ2) is 10.0. The SMILES string of the molecule is N=C(N)c1ccc(NC(c2cc3c(c(OC(F)F)c2)OCOC3)c2nn(-c3ncccn3)c(=O)[nH]2)cc1. The van der Waals surface area contributed by atoms with Crippen molar-refractivity contribution in [3.63, 3.8) is 0 Å². The molecule has 3 heterocycles. The van der Waals surface area contributed by atoms with Gasteiger partial charge in [0.2, 0.25) is 0 Å². The number of ether oxygens (including phenoxy) is 3. The normalized spacial score (nSPS) is 13.5. The molecule has 0 bridgehead atoms. The first kappa shape index (κ1) is 23.9. The van der Waals surface area contributed by atoms with Gasteiger partial charge >= 0.3 is 12.3 Å². The molecule has 190 valence electrons. The van der Waals surface area contributed by atoms with Crippen molar-refractivity contribution >= 4 is 11.5 Å². The van der Waals surface area contributed by atoms with Crippen molar-refractivity contribution < 1.29 is 23.0 Å². The number of nitrogens with two attached hydrogens (primary N) is 1. The van der Waals surface area contributed by atoms with Crippen molar-refractivity contribution in [2.75, 3.05) is 12.1 Å². The summed E-state index contributed by atoms with van der Waals surface area (Å²) in [7, 11) is 0. The molecule has 0 amide bonds. The first-order valence-corrected chi connectivity index (χ1v) is 10.9. The zero-order valence-electron chi connectivity index (χ0n) is 19.0. The summed E-state index contributed by atoms with van der Waals surface area (Å²) in [6.07, 6.45) is 2.93. The lowest BCUT2D eigenvalue weighted by Crippen LogP contribution is -2.19. The topological polar surface area (TPSA) is 166 Å². The van der Waals surface area contributed by atoms with Crippen molar-refractivity contribution in [1.29, 1.82) is 5.41 Å².